The molecule has 92 valence electrons. The van der Waals surface area contributed by atoms with E-state index in [4.69, 9.17) is 0 Å². The topological polar surface area (TPSA) is 67.3 Å². The quantitative estimate of drug-likeness (QED) is 0.520. The van der Waals surface area contributed by atoms with Crippen molar-refractivity contribution in [2.45, 2.75) is 0 Å². The molecule has 5 nitrogen and oxygen atoms in total. The maximum Gasteiger partial charge on any atom is 0.0976 e. The van der Waals surface area contributed by atoms with Crippen LogP contribution in [0.2, 0.25) is 0 Å². The van der Waals surface area contributed by atoms with Crippen molar-refractivity contribution in [3.63, 3.8) is 0 Å². The summed E-state index contributed by atoms with van der Waals surface area (Å²) in [6.07, 6.45) is 11.9. The number of rotatable bonds is 0. The number of H-pyrrole nitrogens is 1. The van der Waals surface area contributed by atoms with Gasteiger partial charge in [0.25, 0.3) is 0 Å². The van der Waals surface area contributed by atoms with E-state index in [2.05, 4.69) is 31.0 Å². The molecule has 0 aliphatic rings. The first-order valence-corrected chi connectivity index (χ1v) is 5.81. The number of pyridine rings is 1. The maximum atomic E-state index is 4.25. The second-order valence-electron chi connectivity index (χ2n) is 3.86. The van der Waals surface area contributed by atoms with Crippen LogP contribution >= 0.6 is 0 Å². The molecule has 4 aromatic rings. The summed E-state index contributed by atoms with van der Waals surface area (Å²) in [5.74, 6) is 0. The number of nitrogens with zero attached hydrogens (tertiary/aromatic N) is 4. The predicted molar refractivity (Wildman–Crippen MR) is 73.4 cm³/mol. The molecule has 0 aliphatic carbocycles. The van der Waals surface area contributed by atoms with E-state index >= 15 is 0 Å². The summed E-state index contributed by atoms with van der Waals surface area (Å²) in [4.78, 5) is 18.9. The van der Waals surface area contributed by atoms with Gasteiger partial charge in [-0.2, -0.15) is 0 Å². The highest BCUT2D eigenvalue weighted by Crippen LogP contribution is 2.20. The van der Waals surface area contributed by atoms with Crippen molar-refractivity contribution < 1.29 is 0 Å². The van der Waals surface area contributed by atoms with Crippen LogP contribution in [0.25, 0.3) is 21.8 Å². The molecule has 19 heavy (non-hydrogen) atoms. The first-order valence-electron chi connectivity index (χ1n) is 5.81. The summed E-state index contributed by atoms with van der Waals surface area (Å²) < 4.78 is 0. The number of fused-ring (bicyclic) bond motifs is 3. The van der Waals surface area contributed by atoms with Gasteiger partial charge in [-0.3, -0.25) is 15.0 Å². The average molecular weight is 249 g/mol. The van der Waals surface area contributed by atoms with E-state index in [1.54, 1.807) is 37.3 Å². The molecule has 1 aromatic carbocycles. The van der Waals surface area contributed by atoms with E-state index in [1.807, 2.05) is 18.3 Å². The molecule has 0 saturated carbocycles. The van der Waals surface area contributed by atoms with Crippen LogP contribution in [0.4, 0.5) is 0 Å². The minimum Gasteiger partial charge on any atom is -0.345 e. The smallest absolute Gasteiger partial charge is 0.0976 e. The lowest BCUT2D eigenvalue weighted by atomic mass is 10.1. The van der Waals surface area contributed by atoms with Gasteiger partial charge in [0.05, 0.1) is 17.4 Å². The van der Waals surface area contributed by atoms with Crippen LogP contribution in [0.15, 0.2) is 61.7 Å². The van der Waals surface area contributed by atoms with Gasteiger partial charge < -0.3 is 4.98 Å². The monoisotopic (exact) mass is 249 g/mol. The lowest BCUT2D eigenvalue weighted by Crippen LogP contribution is -1.77. The molecule has 0 fully saturated rings. The number of aromatic nitrogens is 5. The van der Waals surface area contributed by atoms with Crippen LogP contribution in [-0.2, 0) is 0 Å². The normalized spacial score (nSPS) is 10.1. The van der Waals surface area contributed by atoms with Gasteiger partial charge in [0.2, 0.25) is 0 Å². The third kappa shape index (κ3) is 2.40. The van der Waals surface area contributed by atoms with Crippen LogP contribution in [0.3, 0.4) is 0 Å². The standard InChI is InChI=1S/C10H7N3.C4H4N2/c1-2-9-10(13-6-12-9)8-5-11-4-3-7(1)8;1-2-6-4-3-5-1/h1-6H,(H,12,13);1-4H. The van der Waals surface area contributed by atoms with Crippen LogP contribution in [-0.4, -0.2) is 24.9 Å². The summed E-state index contributed by atoms with van der Waals surface area (Å²) in [6.45, 7) is 0. The van der Waals surface area contributed by atoms with E-state index in [0.717, 1.165) is 16.4 Å². The fourth-order valence-corrected chi connectivity index (χ4v) is 1.82. The molecular weight excluding hydrogens is 238 g/mol. The van der Waals surface area contributed by atoms with Crippen LogP contribution in [0.1, 0.15) is 0 Å². The van der Waals surface area contributed by atoms with Gasteiger partial charge >= 0.3 is 0 Å². The molecule has 0 saturated heterocycles. The molecule has 5 heteroatoms. The number of aromatic amines is 1. The van der Waals surface area contributed by atoms with Gasteiger partial charge in [0.15, 0.2) is 0 Å². The number of benzene rings is 1. The van der Waals surface area contributed by atoms with Gasteiger partial charge in [0, 0.05) is 42.6 Å². The number of imidazole rings is 1. The Morgan fingerprint density at radius 2 is 1.58 bits per heavy atom. The maximum absolute atomic E-state index is 4.25. The fraction of sp³-hybridized carbons (Fsp3) is 0. The Hall–Kier alpha value is -2.82. The highest BCUT2D eigenvalue weighted by Gasteiger charge is 2.00. The Morgan fingerprint density at radius 1 is 0.789 bits per heavy atom. The molecule has 3 aromatic heterocycles. The minimum atomic E-state index is 0.991. The zero-order chi connectivity index (χ0) is 12.9. The minimum absolute atomic E-state index is 0.991. The molecule has 0 unspecified atom stereocenters. The van der Waals surface area contributed by atoms with Gasteiger partial charge in [-0.05, 0) is 17.5 Å². The van der Waals surface area contributed by atoms with Crippen molar-refractivity contribution in [2.24, 2.45) is 0 Å². The molecular formula is C14H11N5. The predicted octanol–water partition coefficient (Wildman–Crippen LogP) is 2.59. The van der Waals surface area contributed by atoms with Gasteiger partial charge in [0.1, 0.15) is 0 Å². The summed E-state index contributed by atoms with van der Waals surface area (Å²) in [7, 11) is 0. The van der Waals surface area contributed by atoms with Gasteiger partial charge in [-0.15, -0.1) is 0 Å². The molecule has 4 rings (SSSR count). The van der Waals surface area contributed by atoms with Crippen LogP contribution in [0.5, 0.6) is 0 Å². The Balaban J connectivity index is 0.000000155. The molecule has 0 atom stereocenters. The molecule has 0 bridgehead atoms. The second kappa shape index (κ2) is 5.22. The number of hydrogen-bond donors (Lipinski definition) is 1. The molecule has 0 amide bonds. The first-order chi connectivity index (χ1) is 9.45. The average Bonchev–Trinajstić information content (AvgIpc) is 2.99. The lowest BCUT2D eigenvalue weighted by molar-refractivity contribution is 1.20. The second-order valence-corrected chi connectivity index (χ2v) is 3.86. The molecule has 3 heterocycles. The highest BCUT2D eigenvalue weighted by atomic mass is 14.9. The number of nitrogens with one attached hydrogen (secondary N) is 1. The van der Waals surface area contributed by atoms with Crippen molar-refractivity contribution in [3.8, 4) is 0 Å². The zero-order valence-corrected chi connectivity index (χ0v) is 10.1. The van der Waals surface area contributed by atoms with E-state index in [9.17, 15) is 0 Å². The van der Waals surface area contributed by atoms with Crippen molar-refractivity contribution in [3.05, 3.63) is 61.7 Å². The SMILES string of the molecule is c1cc2ccc3[nH]cnc3c2cn1.c1cnccn1. The van der Waals surface area contributed by atoms with E-state index in [0.29, 0.717) is 0 Å². The largest absolute Gasteiger partial charge is 0.345 e. The zero-order valence-electron chi connectivity index (χ0n) is 10.1. The summed E-state index contributed by atoms with van der Waals surface area (Å²) in [5, 5.41) is 2.27. The number of hydrogen-bond acceptors (Lipinski definition) is 4. The van der Waals surface area contributed by atoms with E-state index < -0.39 is 0 Å². The summed E-state index contributed by atoms with van der Waals surface area (Å²) in [6, 6.07) is 6.09. The van der Waals surface area contributed by atoms with Crippen molar-refractivity contribution >= 4 is 21.8 Å². The first kappa shape index (κ1) is 11.3. The molecule has 0 aliphatic heterocycles. The Kier molecular flexibility index (Phi) is 3.10. The molecule has 1 N–H and O–H groups in total. The third-order valence-electron chi connectivity index (χ3n) is 2.69. The van der Waals surface area contributed by atoms with E-state index in [1.165, 1.54) is 5.39 Å². The van der Waals surface area contributed by atoms with E-state index in [-0.39, 0.29) is 0 Å². The van der Waals surface area contributed by atoms with Crippen molar-refractivity contribution in [1.29, 1.82) is 0 Å². The van der Waals surface area contributed by atoms with Gasteiger partial charge in [-0.1, -0.05) is 6.07 Å². The summed E-state index contributed by atoms with van der Waals surface area (Å²) in [5.41, 5.74) is 2.05. The third-order valence-corrected chi connectivity index (χ3v) is 2.69. The van der Waals surface area contributed by atoms with Crippen molar-refractivity contribution in [1.82, 2.24) is 24.9 Å². The van der Waals surface area contributed by atoms with Crippen LogP contribution in [0, 0.1) is 0 Å². The Morgan fingerprint density at radius 3 is 2.32 bits per heavy atom. The Labute approximate surface area is 109 Å². The summed E-state index contributed by atoms with van der Waals surface area (Å²) >= 11 is 0. The fourth-order valence-electron chi connectivity index (χ4n) is 1.82. The molecule has 0 spiro atoms. The van der Waals surface area contributed by atoms with Crippen molar-refractivity contribution in [2.75, 3.05) is 0 Å². The van der Waals surface area contributed by atoms with Crippen LogP contribution < -0.4 is 0 Å². The lowest BCUT2D eigenvalue weighted by Gasteiger charge is -1.95. The highest BCUT2D eigenvalue weighted by molar-refractivity contribution is 6.03. The Bertz CT molecular complexity index is 752. The van der Waals surface area contributed by atoms with Gasteiger partial charge in [-0.25, -0.2) is 4.98 Å². The molecule has 0 radical (unpaired) electrons.